The maximum absolute atomic E-state index is 13.7. The summed E-state index contributed by atoms with van der Waals surface area (Å²) in [5, 5.41) is 8.52. The molecule has 2 atom stereocenters. The zero-order valence-electron chi connectivity index (χ0n) is 15.0. The normalized spacial score (nSPS) is 17.5. The molecule has 0 radical (unpaired) electrons. The van der Waals surface area contributed by atoms with E-state index < -0.39 is 29.1 Å². The molecule has 1 aliphatic heterocycles. The number of benzene rings is 1. The van der Waals surface area contributed by atoms with Gasteiger partial charge >= 0.3 is 0 Å². The van der Waals surface area contributed by atoms with E-state index in [1.807, 2.05) is 0 Å². The van der Waals surface area contributed by atoms with Crippen LogP contribution in [0.1, 0.15) is 37.0 Å². The molecule has 0 aliphatic carbocycles. The second-order valence-electron chi connectivity index (χ2n) is 6.73. The number of hydrogen-bond acceptors (Lipinski definition) is 3. The van der Waals surface area contributed by atoms with Gasteiger partial charge in [-0.3, -0.25) is 9.59 Å². The minimum atomic E-state index is -0.950. The van der Waals surface area contributed by atoms with Gasteiger partial charge in [-0.25, -0.2) is 8.78 Å². The lowest BCUT2D eigenvalue weighted by Crippen LogP contribution is -2.50. The molecule has 3 N–H and O–H groups in total. The first kappa shape index (κ1) is 22.3. The molecule has 1 aromatic rings. The molecule has 2 unspecified atom stereocenters. The van der Waals surface area contributed by atoms with E-state index in [4.69, 9.17) is 0 Å². The summed E-state index contributed by atoms with van der Waals surface area (Å²) in [5.74, 6) is -2.84. The zero-order valence-corrected chi connectivity index (χ0v) is 15.8. The number of carbonyl (C=O) groups is 2. The van der Waals surface area contributed by atoms with Gasteiger partial charge in [-0.05, 0) is 49.9 Å². The number of hydrogen-bond donors (Lipinski definition) is 3. The second-order valence-corrected chi connectivity index (χ2v) is 6.73. The van der Waals surface area contributed by atoms with Gasteiger partial charge in [0.1, 0.15) is 23.2 Å². The Kier molecular flexibility index (Phi) is 8.95. The van der Waals surface area contributed by atoms with Gasteiger partial charge in [0.2, 0.25) is 5.91 Å². The Morgan fingerprint density at radius 1 is 1.27 bits per heavy atom. The lowest BCUT2D eigenvalue weighted by molar-refractivity contribution is -0.124. The molecule has 0 bridgehead atoms. The standard InChI is InChI=1S/C18H25F2N3O2.ClH/c1-11(2)16(18(25)22-9-7-12-6-8-21-10-12)23-17(24)15-13(19)4-3-5-14(15)20;/h3-5,11-12,16,21H,6-10H2,1-2H3,(H,22,25)(H,23,24);1H. The molecular weight excluding hydrogens is 364 g/mol. The Morgan fingerprint density at radius 2 is 1.92 bits per heavy atom. The highest BCUT2D eigenvalue weighted by molar-refractivity contribution is 5.98. The van der Waals surface area contributed by atoms with Crippen LogP contribution in [0.2, 0.25) is 0 Å². The first-order chi connectivity index (χ1) is 11.9. The smallest absolute Gasteiger partial charge is 0.257 e. The van der Waals surface area contributed by atoms with Crippen LogP contribution in [0.3, 0.4) is 0 Å². The Balaban J connectivity index is 0.00000338. The molecule has 5 nitrogen and oxygen atoms in total. The highest BCUT2D eigenvalue weighted by atomic mass is 35.5. The minimum Gasteiger partial charge on any atom is -0.354 e. The third-order valence-electron chi connectivity index (χ3n) is 4.44. The van der Waals surface area contributed by atoms with E-state index in [-0.39, 0.29) is 24.2 Å². The molecule has 26 heavy (non-hydrogen) atoms. The maximum Gasteiger partial charge on any atom is 0.257 e. The molecule has 1 fully saturated rings. The summed E-state index contributed by atoms with van der Waals surface area (Å²) in [6.07, 6.45) is 1.95. The number of amides is 2. The summed E-state index contributed by atoms with van der Waals surface area (Å²) in [5.41, 5.74) is -0.669. The number of nitrogens with one attached hydrogen (secondary N) is 3. The Bertz CT molecular complexity index is 602. The largest absolute Gasteiger partial charge is 0.354 e. The predicted octanol–water partition coefficient (Wildman–Crippen LogP) is 2.26. The van der Waals surface area contributed by atoms with E-state index in [0.29, 0.717) is 12.5 Å². The molecule has 1 aromatic carbocycles. The average Bonchev–Trinajstić information content (AvgIpc) is 3.05. The number of carbonyl (C=O) groups excluding carboxylic acids is 2. The van der Waals surface area contributed by atoms with Crippen molar-refractivity contribution in [3.05, 3.63) is 35.4 Å². The van der Waals surface area contributed by atoms with Crippen molar-refractivity contribution in [3.8, 4) is 0 Å². The molecular formula is C18H26ClF2N3O2. The zero-order chi connectivity index (χ0) is 18.4. The minimum absolute atomic E-state index is 0. The first-order valence-corrected chi connectivity index (χ1v) is 8.63. The van der Waals surface area contributed by atoms with Crippen molar-refractivity contribution in [3.63, 3.8) is 0 Å². The fraction of sp³-hybridized carbons (Fsp3) is 0.556. The van der Waals surface area contributed by atoms with E-state index >= 15 is 0 Å². The molecule has 1 heterocycles. The summed E-state index contributed by atoms with van der Waals surface area (Å²) < 4.78 is 27.4. The van der Waals surface area contributed by atoms with Crippen LogP contribution >= 0.6 is 12.4 Å². The molecule has 0 aromatic heterocycles. The van der Waals surface area contributed by atoms with E-state index in [9.17, 15) is 18.4 Å². The van der Waals surface area contributed by atoms with Gasteiger partial charge in [0, 0.05) is 6.54 Å². The molecule has 2 amide bonds. The monoisotopic (exact) mass is 389 g/mol. The summed E-state index contributed by atoms with van der Waals surface area (Å²) >= 11 is 0. The van der Waals surface area contributed by atoms with Crippen LogP contribution in [-0.4, -0.2) is 37.5 Å². The number of rotatable bonds is 7. The van der Waals surface area contributed by atoms with E-state index in [1.54, 1.807) is 13.8 Å². The average molecular weight is 390 g/mol. The van der Waals surface area contributed by atoms with E-state index in [2.05, 4.69) is 16.0 Å². The lowest BCUT2D eigenvalue weighted by Gasteiger charge is -2.22. The van der Waals surface area contributed by atoms with Crippen LogP contribution < -0.4 is 16.0 Å². The van der Waals surface area contributed by atoms with Crippen LogP contribution in [0.15, 0.2) is 18.2 Å². The highest BCUT2D eigenvalue weighted by Gasteiger charge is 2.27. The third kappa shape index (κ3) is 5.92. The quantitative estimate of drug-likeness (QED) is 0.670. The van der Waals surface area contributed by atoms with Gasteiger partial charge in [-0.15, -0.1) is 12.4 Å². The van der Waals surface area contributed by atoms with Crippen molar-refractivity contribution in [2.45, 2.75) is 32.7 Å². The maximum atomic E-state index is 13.7. The van der Waals surface area contributed by atoms with Gasteiger partial charge in [-0.2, -0.15) is 0 Å². The third-order valence-corrected chi connectivity index (χ3v) is 4.44. The fourth-order valence-electron chi connectivity index (χ4n) is 2.93. The summed E-state index contributed by atoms with van der Waals surface area (Å²) in [6.45, 7) is 5.99. The van der Waals surface area contributed by atoms with Crippen LogP contribution in [0.25, 0.3) is 0 Å². The topological polar surface area (TPSA) is 70.2 Å². The molecule has 8 heteroatoms. The Hall–Kier alpha value is -1.73. The van der Waals surface area contributed by atoms with Crippen molar-refractivity contribution in [2.24, 2.45) is 11.8 Å². The Labute approximate surface area is 158 Å². The first-order valence-electron chi connectivity index (χ1n) is 8.63. The second kappa shape index (κ2) is 10.4. The van der Waals surface area contributed by atoms with Gasteiger partial charge in [0.15, 0.2) is 0 Å². The SMILES string of the molecule is CC(C)C(NC(=O)c1c(F)cccc1F)C(=O)NCCC1CCNC1.Cl. The molecule has 2 rings (SSSR count). The van der Waals surface area contributed by atoms with Crippen LogP contribution in [0.4, 0.5) is 8.78 Å². The summed E-state index contributed by atoms with van der Waals surface area (Å²) in [6, 6.07) is 2.36. The van der Waals surface area contributed by atoms with Gasteiger partial charge in [0.05, 0.1) is 0 Å². The van der Waals surface area contributed by atoms with E-state index in [1.165, 1.54) is 6.07 Å². The van der Waals surface area contributed by atoms with Crippen molar-refractivity contribution in [2.75, 3.05) is 19.6 Å². The van der Waals surface area contributed by atoms with Gasteiger partial charge in [-0.1, -0.05) is 19.9 Å². The van der Waals surface area contributed by atoms with Crippen LogP contribution in [0.5, 0.6) is 0 Å². The molecule has 1 aliphatic rings. The van der Waals surface area contributed by atoms with Crippen molar-refractivity contribution >= 4 is 24.2 Å². The lowest BCUT2D eigenvalue weighted by atomic mass is 10.0. The van der Waals surface area contributed by atoms with Crippen molar-refractivity contribution in [1.29, 1.82) is 0 Å². The molecule has 1 saturated heterocycles. The van der Waals surface area contributed by atoms with Gasteiger partial charge in [0.25, 0.3) is 5.91 Å². The molecule has 0 spiro atoms. The summed E-state index contributed by atoms with van der Waals surface area (Å²) in [7, 11) is 0. The van der Waals surface area contributed by atoms with Crippen LogP contribution in [-0.2, 0) is 4.79 Å². The summed E-state index contributed by atoms with van der Waals surface area (Å²) in [4.78, 5) is 24.6. The van der Waals surface area contributed by atoms with Crippen LogP contribution in [0, 0.1) is 23.5 Å². The molecule has 146 valence electrons. The van der Waals surface area contributed by atoms with E-state index in [0.717, 1.165) is 38.1 Å². The van der Waals surface area contributed by atoms with Crippen molar-refractivity contribution in [1.82, 2.24) is 16.0 Å². The number of halogens is 3. The van der Waals surface area contributed by atoms with Gasteiger partial charge < -0.3 is 16.0 Å². The van der Waals surface area contributed by atoms with Crippen molar-refractivity contribution < 1.29 is 18.4 Å². The fourth-order valence-corrected chi connectivity index (χ4v) is 2.93. The predicted molar refractivity (Wildman–Crippen MR) is 98.3 cm³/mol. The molecule has 0 saturated carbocycles. The Morgan fingerprint density at radius 3 is 2.46 bits per heavy atom. The highest BCUT2D eigenvalue weighted by Crippen LogP contribution is 2.14.